The lowest BCUT2D eigenvalue weighted by atomic mass is 10.1. The molecule has 2 aromatic carbocycles. The van der Waals surface area contributed by atoms with Gasteiger partial charge in [0.2, 0.25) is 0 Å². The van der Waals surface area contributed by atoms with Crippen LogP contribution < -0.4 is 10.7 Å². The van der Waals surface area contributed by atoms with E-state index < -0.39 is 0 Å². The predicted molar refractivity (Wildman–Crippen MR) is 97.9 cm³/mol. The number of nitrogens with zero attached hydrogens (tertiary/aromatic N) is 1. The summed E-state index contributed by atoms with van der Waals surface area (Å²) < 4.78 is 0. The molecule has 22 heavy (non-hydrogen) atoms. The summed E-state index contributed by atoms with van der Waals surface area (Å²) in [6.45, 7) is 2.03. The normalized spacial score (nSPS) is 11.4. The van der Waals surface area contributed by atoms with Crippen molar-refractivity contribution in [2.75, 3.05) is 17.8 Å². The topological polar surface area (TPSA) is 36.4 Å². The minimum absolute atomic E-state index is 0.448. The molecule has 2 N–H and O–H groups in total. The van der Waals surface area contributed by atoms with Crippen LogP contribution in [0.15, 0.2) is 41.5 Å². The van der Waals surface area contributed by atoms with Crippen molar-refractivity contribution in [2.24, 2.45) is 5.10 Å². The van der Waals surface area contributed by atoms with E-state index in [-0.39, 0.29) is 0 Å². The standard InChI is InChI=1S/C16H16Cl3N3/c1-3-13(11-9-10(17)7-8-14(11)20-2)21-22-15-6-4-5-12(18)16(15)19/h4-9,20,22H,3H2,1-2H3/b21-13-. The smallest absolute Gasteiger partial charge is 0.0842 e. The zero-order valence-corrected chi connectivity index (χ0v) is 14.5. The number of anilines is 2. The molecule has 0 fully saturated rings. The maximum atomic E-state index is 6.15. The van der Waals surface area contributed by atoms with E-state index in [1.54, 1.807) is 6.07 Å². The van der Waals surface area contributed by atoms with Gasteiger partial charge in [0, 0.05) is 23.3 Å². The minimum atomic E-state index is 0.448. The Balaban J connectivity index is 2.36. The van der Waals surface area contributed by atoms with Gasteiger partial charge < -0.3 is 5.32 Å². The molecule has 3 nitrogen and oxygen atoms in total. The van der Waals surface area contributed by atoms with Gasteiger partial charge in [-0.2, -0.15) is 5.10 Å². The second-order valence-corrected chi connectivity index (χ2v) is 5.79. The Morgan fingerprint density at radius 3 is 2.55 bits per heavy atom. The van der Waals surface area contributed by atoms with E-state index in [0.717, 1.165) is 23.4 Å². The Morgan fingerprint density at radius 1 is 1.09 bits per heavy atom. The average Bonchev–Trinajstić information content (AvgIpc) is 2.52. The first-order valence-corrected chi connectivity index (χ1v) is 7.94. The molecule has 0 aliphatic carbocycles. The molecule has 6 heteroatoms. The van der Waals surface area contributed by atoms with Gasteiger partial charge in [-0.1, -0.05) is 47.8 Å². The van der Waals surface area contributed by atoms with E-state index in [1.807, 2.05) is 44.3 Å². The summed E-state index contributed by atoms with van der Waals surface area (Å²) in [5.74, 6) is 0. The van der Waals surface area contributed by atoms with Crippen LogP contribution in [0.3, 0.4) is 0 Å². The molecule has 0 aromatic heterocycles. The number of hydrazone groups is 1. The van der Waals surface area contributed by atoms with Crippen LogP contribution in [0.25, 0.3) is 0 Å². The molecule has 0 atom stereocenters. The fourth-order valence-corrected chi connectivity index (χ4v) is 2.54. The lowest BCUT2D eigenvalue weighted by molar-refractivity contribution is 1.22. The number of nitrogens with one attached hydrogen (secondary N) is 2. The van der Waals surface area contributed by atoms with Crippen LogP contribution in [-0.4, -0.2) is 12.8 Å². The summed E-state index contributed by atoms with van der Waals surface area (Å²) in [7, 11) is 1.86. The van der Waals surface area contributed by atoms with Gasteiger partial charge in [0.05, 0.1) is 21.4 Å². The summed E-state index contributed by atoms with van der Waals surface area (Å²) in [6, 6.07) is 11.0. The molecule has 0 unspecified atom stereocenters. The van der Waals surface area contributed by atoms with E-state index in [9.17, 15) is 0 Å². The van der Waals surface area contributed by atoms with Crippen molar-refractivity contribution in [3.05, 3.63) is 57.0 Å². The molecule has 0 aliphatic rings. The number of halogens is 3. The SMILES string of the molecule is CC/C(=N/Nc1cccc(Cl)c1Cl)c1cc(Cl)ccc1NC. The summed E-state index contributed by atoms with van der Waals surface area (Å²) in [5, 5.41) is 9.20. The summed E-state index contributed by atoms with van der Waals surface area (Å²) in [4.78, 5) is 0. The van der Waals surface area contributed by atoms with E-state index in [0.29, 0.717) is 20.8 Å². The van der Waals surface area contributed by atoms with E-state index in [4.69, 9.17) is 34.8 Å². The van der Waals surface area contributed by atoms with Crippen molar-refractivity contribution in [3.63, 3.8) is 0 Å². The Morgan fingerprint density at radius 2 is 1.86 bits per heavy atom. The highest BCUT2D eigenvalue weighted by atomic mass is 35.5. The molecule has 0 saturated carbocycles. The first-order valence-electron chi connectivity index (χ1n) is 6.81. The highest BCUT2D eigenvalue weighted by molar-refractivity contribution is 6.43. The highest BCUT2D eigenvalue weighted by Crippen LogP contribution is 2.30. The summed E-state index contributed by atoms with van der Waals surface area (Å²) >= 11 is 18.2. The number of hydrogen-bond donors (Lipinski definition) is 2. The Hall–Kier alpha value is -1.42. The quantitative estimate of drug-likeness (QED) is 0.515. The second kappa shape index (κ2) is 7.73. The molecule has 2 rings (SSSR count). The Labute approximate surface area is 145 Å². The van der Waals surface area contributed by atoms with Crippen molar-refractivity contribution in [1.82, 2.24) is 0 Å². The lowest BCUT2D eigenvalue weighted by Crippen LogP contribution is -2.07. The molecule has 0 aliphatic heterocycles. The maximum Gasteiger partial charge on any atom is 0.0842 e. The minimum Gasteiger partial charge on any atom is -0.388 e. The van der Waals surface area contributed by atoms with Crippen LogP contribution in [-0.2, 0) is 0 Å². The second-order valence-electron chi connectivity index (χ2n) is 4.57. The van der Waals surface area contributed by atoms with E-state index in [2.05, 4.69) is 15.8 Å². The van der Waals surface area contributed by atoms with Crippen LogP contribution in [0.2, 0.25) is 15.1 Å². The van der Waals surface area contributed by atoms with Crippen LogP contribution >= 0.6 is 34.8 Å². The van der Waals surface area contributed by atoms with Crippen LogP contribution in [0.5, 0.6) is 0 Å². The van der Waals surface area contributed by atoms with Gasteiger partial charge in [-0.05, 0) is 36.8 Å². The summed E-state index contributed by atoms with van der Waals surface area (Å²) in [5.41, 5.74) is 6.41. The van der Waals surface area contributed by atoms with Crippen molar-refractivity contribution < 1.29 is 0 Å². The van der Waals surface area contributed by atoms with Crippen molar-refractivity contribution in [1.29, 1.82) is 0 Å². The largest absolute Gasteiger partial charge is 0.388 e. The van der Waals surface area contributed by atoms with Gasteiger partial charge in [0.15, 0.2) is 0 Å². The van der Waals surface area contributed by atoms with Crippen LogP contribution in [0, 0.1) is 0 Å². The third kappa shape index (κ3) is 3.86. The average molecular weight is 357 g/mol. The van der Waals surface area contributed by atoms with Crippen LogP contribution in [0.1, 0.15) is 18.9 Å². The van der Waals surface area contributed by atoms with E-state index >= 15 is 0 Å². The molecule has 0 bridgehead atoms. The fourth-order valence-electron chi connectivity index (χ4n) is 2.02. The molecule has 0 spiro atoms. The molecule has 116 valence electrons. The van der Waals surface area contributed by atoms with Gasteiger partial charge >= 0.3 is 0 Å². The third-order valence-electron chi connectivity index (χ3n) is 3.16. The monoisotopic (exact) mass is 355 g/mol. The molecule has 2 aromatic rings. The predicted octanol–water partition coefficient (Wildman–Crippen LogP) is 5.91. The van der Waals surface area contributed by atoms with Crippen molar-refractivity contribution in [3.8, 4) is 0 Å². The van der Waals surface area contributed by atoms with Gasteiger partial charge in [-0.15, -0.1) is 0 Å². The van der Waals surface area contributed by atoms with Crippen molar-refractivity contribution >= 4 is 51.9 Å². The van der Waals surface area contributed by atoms with Gasteiger partial charge in [0.1, 0.15) is 0 Å². The number of benzene rings is 2. The fraction of sp³-hybridized carbons (Fsp3) is 0.188. The number of hydrogen-bond acceptors (Lipinski definition) is 3. The Bertz CT molecular complexity index is 699. The van der Waals surface area contributed by atoms with Crippen LogP contribution in [0.4, 0.5) is 11.4 Å². The maximum absolute atomic E-state index is 6.15. The highest BCUT2D eigenvalue weighted by Gasteiger charge is 2.09. The zero-order chi connectivity index (χ0) is 16.1. The third-order valence-corrected chi connectivity index (χ3v) is 4.21. The zero-order valence-electron chi connectivity index (χ0n) is 12.3. The van der Waals surface area contributed by atoms with Gasteiger partial charge in [-0.3, -0.25) is 5.43 Å². The molecule has 0 radical (unpaired) electrons. The summed E-state index contributed by atoms with van der Waals surface area (Å²) in [6.07, 6.45) is 0.736. The molecule has 0 heterocycles. The first-order chi connectivity index (χ1) is 10.6. The molecule has 0 saturated heterocycles. The molecular formula is C16H16Cl3N3. The van der Waals surface area contributed by atoms with Crippen molar-refractivity contribution in [2.45, 2.75) is 13.3 Å². The Kier molecular flexibility index (Phi) is 5.95. The molecular weight excluding hydrogens is 341 g/mol. The number of rotatable bonds is 5. The van der Waals surface area contributed by atoms with E-state index in [1.165, 1.54) is 0 Å². The lowest BCUT2D eigenvalue weighted by Gasteiger charge is -2.12. The molecule has 0 amide bonds. The first kappa shape index (κ1) is 16.9. The van der Waals surface area contributed by atoms with Gasteiger partial charge in [-0.25, -0.2) is 0 Å². The van der Waals surface area contributed by atoms with Gasteiger partial charge in [0.25, 0.3) is 0 Å².